The van der Waals surface area contributed by atoms with Crippen LogP contribution in [-0.4, -0.2) is 27.3 Å². The summed E-state index contributed by atoms with van der Waals surface area (Å²) in [5, 5.41) is 12.0. The van der Waals surface area contributed by atoms with Crippen molar-refractivity contribution in [2.45, 2.75) is 30.6 Å². The molecule has 4 nitrogen and oxygen atoms in total. The highest BCUT2D eigenvalue weighted by atomic mass is 32.2. The van der Waals surface area contributed by atoms with Crippen LogP contribution in [0.2, 0.25) is 0 Å². The van der Waals surface area contributed by atoms with E-state index in [1.165, 1.54) is 30.9 Å². The van der Waals surface area contributed by atoms with Crippen molar-refractivity contribution in [2.24, 2.45) is 0 Å². The maximum absolute atomic E-state index is 12.2. The lowest BCUT2D eigenvalue weighted by molar-refractivity contribution is 0.590. The maximum Gasteiger partial charge on any atom is 0.179 e. The molecule has 2 rings (SSSR count). The van der Waals surface area contributed by atoms with E-state index in [1.54, 1.807) is 18.2 Å². The Morgan fingerprint density at radius 3 is 2.86 bits per heavy atom. The quantitative estimate of drug-likeness (QED) is 0.620. The molecule has 1 aromatic rings. The molecule has 0 aliphatic heterocycles. The molecule has 112 valence electrons. The van der Waals surface area contributed by atoms with Gasteiger partial charge in [0.25, 0.3) is 0 Å². The number of benzene rings is 1. The number of sulfone groups is 1. The molecular formula is C16H20N2O2S. The molecule has 0 fully saturated rings. The number of nitrogens with zero attached hydrogens (tertiary/aromatic N) is 1. The molecule has 0 saturated heterocycles. The molecule has 21 heavy (non-hydrogen) atoms. The molecule has 0 radical (unpaired) electrons. The lowest BCUT2D eigenvalue weighted by Gasteiger charge is -2.07. The Bertz CT molecular complexity index is 657. The molecule has 0 spiro atoms. The van der Waals surface area contributed by atoms with E-state index in [1.807, 2.05) is 6.07 Å². The molecule has 0 aromatic heterocycles. The first-order chi connectivity index (χ1) is 10.1. The highest BCUT2D eigenvalue weighted by molar-refractivity contribution is 7.91. The highest BCUT2D eigenvalue weighted by Gasteiger charge is 2.14. The van der Waals surface area contributed by atoms with Crippen LogP contribution in [0.3, 0.4) is 0 Å². The fraction of sp³-hybridized carbons (Fsp3) is 0.438. The predicted molar refractivity (Wildman–Crippen MR) is 82.6 cm³/mol. The molecule has 0 heterocycles. The lowest BCUT2D eigenvalue weighted by atomic mass is 10.2. The summed E-state index contributed by atoms with van der Waals surface area (Å²) in [6.45, 7) is 1.26. The average Bonchev–Trinajstić information content (AvgIpc) is 3.00. The summed E-state index contributed by atoms with van der Waals surface area (Å²) >= 11 is 0. The standard InChI is InChI=1S/C16H20N2O2S/c17-13-15-6-3-7-16(12-15)21(19,20)11-10-18-9-8-14-4-1-2-5-14/h3-4,6-7,12,18H,1-2,5,8-11H2. The van der Waals surface area contributed by atoms with Crippen molar-refractivity contribution in [3.05, 3.63) is 41.5 Å². The fourth-order valence-electron chi connectivity index (χ4n) is 2.42. The second-order valence-corrected chi connectivity index (χ2v) is 7.32. The van der Waals surface area contributed by atoms with Crippen molar-refractivity contribution < 1.29 is 8.42 Å². The van der Waals surface area contributed by atoms with Crippen LogP contribution in [0.1, 0.15) is 31.2 Å². The van der Waals surface area contributed by atoms with Gasteiger partial charge in [0.2, 0.25) is 0 Å². The van der Waals surface area contributed by atoms with Gasteiger partial charge in [0, 0.05) is 6.54 Å². The third-order valence-corrected chi connectivity index (χ3v) is 5.34. The number of nitriles is 1. The van der Waals surface area contributed by atoms with Crippen LogP contribution >= 0.6 is 0 Å². The second kappa shape index (κ2) is 7.39. The minimum atomic E-state index is -3.32. The zero-order valence-electron chi connectivity index (χ0n) is 12.0. The van der Waals surface area contributed by atoms with Crippen LogP contribution in [0.4, 0.5) is 0 Å². The van der Waals surface area contributed by atoms with Crippen LogP contribution in [0.15, 0.2) is 40.8 Å². The predicted octanol–water partition coefficient (Wildman–Crippen LogP) is 2.42. The summed E-state index contributed by atoms with van der Waals surface area (Å²) in [5.41, 5.74) is 1.85. The van der Waals surface area contributed by atoms with Gasteiger partial charge in [-0.3, -0.25) is 0 Å². The van der Waals surface area contributed by atoms with E-state index < -0.39 is 9.84 Å². The first kappa shape index (κ1) is 15.7. The molecule has 0 amide bonds. The van der Waals surface area contributed by atoms with Gasteiger partial charge in [-0.1, -0.05) is 17.7 Å². The SMILES string of the molecule is N#Cc1cccc(S(=O)(=O)CCNCCC2=CCCC2)c1. The average molecular weight is 304 g/mol. The van der Waals surface area contributed by atoms with Crippen molar-refractivity contribution in [2.75, 3.05) is 18.8 Å². The largest absolute Gasteiger partial charge is 0.315 e. The van der Waals surface area contributed by atoms with Gasteiger partial charge in [-0.2, -0.15) is 5.26 Å². The molecule has 1 aliphatic carbocycles. The molecular weight excluding hydrogens is 284 g/mol. The Morgan fingerprint density at radius 1 is 1.29 bits per heavy atom. The van der Waals surface area contributed by atoms with E-state index in [9.17, 15) is 8.42 Å². The van der Waals surface area contributed by atoms with Crippen LogP contribution < -0.4 is 5.32 Å². The van der Waals surface area contributed by atoms with Crippen molar-refractivity contribution in [3.8, 4) is 6.07 Å². The van der Waals surface area contributed by atoms with E-state index in [0.717, 1.165) is 13.0 Å². The second-order valence-electron chi connectivity index (χ2n) is 5.21. The number of hydrogen-bond donors (Lipinski definition) is 1. The van der Waals surface area contributed by atoms with E-state index in [2.05, 4.69) is 11.4 Å². The number of rotatable bonds is 7. The van der Waals surface area contributed by atoms with Crippen molar-refractivity contribution in [1.82, 2.24) is 5.32 Å². The zero-order valence-corrected chi connectivity index (χ0v) is 12.8. The van der Waals surface area contributed by atoms with E-state index >= 15 is 0 Å². The number of nitrogens with one attached hydrogen (secondary N) is 1. The first-order valence-corrected chi connectivity index (χ1v) is 8.88. The number of hydrogen-bond acceptors (Lipinski definition) is 4. The van der Waals surface area contributed by atoms with E-state index in [-0.39, 0.29) is 10.6 Å². The Kier molecular flexibility index (Phi) is 5.54. The molecule has 0 saturated carbocycles. The van der Waals surface area contributed by atoms with Gasteiger partial charge in [0.05, 0.1) is 22.3 Å². The number of allylic oxidation sites excluding steroid dienone is 1. The minimum Gasteiger partial charge on any atom is -0.315 e. The van der Waals surface area contributed by atoms with Crippen LogP contribution in [-0.2, 0) is 9.84 Å². The van der Waals surface area contributed by atoms with Gasteiger partial charge >= 0.3 is 0 Å². The van der Waals surface area contributed by atoms with Crippen molar-refractivity contribution >= 4 is 9.84 Å². The van der Waals surface area contributed by atoms with E-state index in [4.69, 9.17) is 5.26 Å². The molecule has 0 atom stereocenters. The lowest BCUT2D eigenvalue weighted by Crippen LogP contribution is -2.24. The highest BCUT2D eigenvalue weighted by Crippen LogP contribution is 2.19. The molecule has 1 aliphatic rings. The van der Waals surface area contributed by atoms with Gasteiger partial charge in [0.1, 0.15) is 0 Å². The smallest absolute Gasteiger partial charge is 0.179 e. The van der Waals surface area contributed by atoms with Crippen molar-refractivity contribution in [3.63, 3.8) is 0 Å². The summed E-state index contributed by atoms with van der Waals surface area (Å²) in [4.78, 5) is 0.224. The summed E-state index contributed by atoms with van der Waals surface area (Å²) in [5.74, 6) is 0.0565. The normalized spacial score (nSPS) is 14.7. The Morgan fingerprint density at radius 2 is 2.14 bits per heavy atom. The molecule has 1 N–H and O–H groups in total. The molecule has 1 aromatic carbocycles. The van der Waals surface area contributed by atoms with E-state index in [0.29, 0.717) is 12.1 Å². The monoisotopic (exact) mass is 304 g/mol. The Balaban J connectivity index is 1.79. The Hall–Kier alpha value is -1.64. The summed E-state index contributed by atoms with van der Waals surface area (Å²) in [6.07, 6.45) is 6.90. The summed E-state index contributed by atoms with van der Waals surface area (Å²) < 4.78 is 24.3. The molecule has 0 bridgehead atoms. The van der Waals surface area contributed by atoms with Crippen LogP contribution in [0, 0.1) is 11.3 Å². The molecule has 5 heteroatoms. The topological polar surface area (TPSA) is 70.0 Å². The zero-order chi connectivity index (χ0) is 15.1. The van der Waals surface area contributed by atoms with Crippen molar-refractivity contribution in [1.29, 1.82) is 5.26 Å². The van der Waals surface area contributed by atoms with Gasteiger partial charge in [-0.15, -0.1) is 0 Å². The van der Waals surface area contributed by atoms with Gasteiger partial charge in [0.15, 0.2) is 9.84 Å². The Labute approximate surface area is 126 Å². The van der Waals surface area contributed by atoms with Gasteiger partial charge in [-0.25, -0.2) is 8.42 Å². The minimum absolute atomic E-state index is 0.0565. The summed E-state index contributed by atoms with van der Waals surface area (Å²) in [7, 11) is -3.32. The summed E-state index contributed by atoms with van der Waals surface area (Å²) in [6, 6.07) is 8.14. The molecule has 0 unspecified atom stereocenters. The van der Waals surface area contributed by atoms with Gasteiger partial charge < -0.3 is 5.32 Å². The van der Waals surface area contributed by atoms with Crippen LogP contribution in [0.5, 0.6) is 0 Å². The maximum atomic E-state index is 12.2. The van der Waals surface area contributed by atoms with Crippen LogP contribution in [0.25, 0.3) is 0 Å². The first-order valence-electron chi connectivity index (χ1n) is 7.23. The third kappa shape index (κ3) is 4.69. The third-order valence-electron chi connectivity index (χ3n) is 3.63. The van der Waals surface area contributed by atoms with Gasteiger partial charge in [-0.05, 0) is 50.4 Å². The fourth-order valence-corrected chi connectivity index (χ4v) is 3.66.